The number of rotatable bonds is 12. The molecular formula is C20H43IN4O. The number of likely N-dealkylation sites (tertiary alicyclic amines) is 1. The SMILES string of the molecule is CCCC(CCO)CN=C(NCC)NCCCCN1CCCC(C)C1.I. The molecule has 156 valence electrons. The lowest BCUT2D eigenvalue weighted by atomic mass is 10.0. The predicted molar refractivity (Wildman–Crippen MR) is 124 cm³/mol. The fraction of sp³-hybridized carbons (Fsp3) is 0.950. The number of piperidine rings is 1. The van der Waals surface area contributed by atoms with Gasteiger partial charge in [-0.3, -0.25) is 4.99 Å². The van der Waals surface area contributed by atoms with Gasteiger partial charge in [0.05, 0.1) is 0 Å². The van der Waals surface area contributed by atoms with Crippen LogP contribution in [0.1, 0.15) is 65.7 Å². The summed E-state index contributed by atoms with van der Waals surface area (Å²) >= 11 is 0. The van der Waals surface area contributed by atoms with Gasteiger partial charge in [-0.05, 0) is 70.4 Å². The molecule has 0 spiro atoms. The topological polar surface area (TPSA) is 59.9 Å². The molecule has 0 radical (unpaired) electrons. The van der Waals surface area contributed by atoms with Gasteiger partial charge in [-0.2, -0.15) is 0 Å². The number of aliphatic hydroxyl groups excluding tert-OH is 1. The summed E-state index contributed by atoms with van der Waals surface area (Å²) < 4.78 is 0. The van der Waals surface area contributed by atoms with Gasteiger partial charge in [0, 0.05) is 32.8 Å². The average Bonchev–Trinajstić information content (AvgIpc) is 2.59. The van der Waals surface area contributed by atoms with E-state index in [2.05, 4.69) is 36.3 Å². The van der Waals surface area contributed by atoms with Crippen LogP contribution in [0, 0.1) is 11.8 Å². The lowest BCUT2D eigenvalue weighted by Crippen LogP contribution is -2.39. The second-order valence-electron chi connectivity index (χ2n) is 7.57. The second kappa shape index (κ2) is 17.0. The fourth-order valence-electron chi connectivity index (χ4n) is 3.64. The molecule has 1 rings (SSSR count). The highest BCUT2D eigenvalue weighted by atomic mass is 127. The van der Waals surface area contributed by atoms with Crippen molar-refractivity contribution in [3.63, 3.8) is 0 Å². The number of halogens is 1. The summed E-state index contributed by atoms with van der Waals surface area (Å²) in [4.78, 5) is 7.34. The lowest BCUT2D eigenvalue weighted by molar-refractivity contribution is 0.181. The summed E-state index contributed by atoms with van der Waals surface area (Å²) in [6.07, 6.45) is 8.34. The van der Waals surface area contributed by atoms with Gasteiger partial charge >= 0.3 is 0 Å². The second-order valence-corrected chi connectivity index (χ2v) is 7.57. The van der Waals surface area contributed by atoms with Crippen LogP contribution in [0.15, 0.2) is 4.99 Å². The van der Waals surface area contributed by atoms with E-state index in [0.717, 1.165) is 50.8 Å². The van der Waals surface area contributed by atoms with Gasteiger partial charge in [0.25, 0.3) is 0 Å². The highest BCUT2D eigenvalue weighted by Crippen LogP contribution is 2.15. The van der Waals surface area contributed by atoms with Crippen molar-refractivity contribution in [1.82, 2.24) is 15.5 Å². The summed E-state index contributed by atoms with van der Waals surface area (Å²) in [5.41, 5.74) is 0. The van der Waals surface area contributed by atoms with E-state index in [1.807, 2.05) is 0 Å². The van der Waals surface area contributed by atoms with Crippen LogP contribution in [0.4, 0.5) is 0 Å². The molecule has 5 nitrogen and oxygen atoms in total. The Morgan fingerprint density at radius 3 is 2.69 bits per heavy atom. The van der Waals surface area contributed by atoms with Crippen LogP contribution >= 0.6 is 24.0 Å². The molecule has 0 bridgehead atoms. The third-order valence-corrected chi connectivity index (χ3v) is 5.02. The number of aliphatic hydroxyl groups is 1. The van der Waals surface area contributed by atoms with Crippen LogP contribution in [0.2, 0.25) is 0 Å². The van der Waals surface area contributed by atoms with E-state index in [0.29, 0.717) is 5.92 Å². The van der Waals surface area contributed by atoms with Gasteiger partial charge in [-0.15, -0.1) is 24.0 Å². The quantitative estimate of drug-likeness (QED) is 0.173. The van der Waals surface area contributed by atoms with Crippen molar-refractivity contribution in [2.75, 3.05) is 45.9 Å². The Hall–Kier alpha value is -0.0800. The minimum atomic E-state index is 0. The summed E-state index contributed by atoms with van der Waals surface area (Å²) in [7, 11) is 0. The zero-order valence-corrected chi connectivity index (χ0v) is 19.6. The van der Waals surface area contributed by atoms with Gasteiger partial charge in [-0.25, -0.2) is 0 Å². The third kappa shape index (κ3) is 12.3. The maximum atomic E-state index is 9.17. The standard InChI is InChI=1S/C20H42N4O.HI/c1-4-9-19(11-15-25)16-23-20(21-5-2)22-12-6-7-13-24-14-8-10-18(3)17-24;/h18-19,25H,4-17H2,1-3H3,(H2,21,22,23);1H. The van der Waals surface area contributed by atoms with Crippen LogP contribution in [0.3, 0.4) is 0 Å². The van der Waals surface area contributed by atoms with E-state index < -0.39 is 0 Å². The Bertz CT molecular complexity index is 349. The molecule has 2 unspecified atom stereocenters. The third-order valence-electron chi connectivity index (χ3n) is 5.02. The number of hydrogen-bond acceptors (Lipinski definition) is 3. The molecule has 1 heterocycles. The Morgan fingerprint density at radius 1 is 1.23 bits per heavy atom. The summed E-state index contributed by atoms with van der Waals surface area (Å²) in [6, 6.07) is 0. The first kappa shape index (κ1) is 25.9. The molecule has 26 heavy (non-hydrogen) atoms. The zero-order valence-electron chi connectivity index (χ0n) is 17.3. The van der Waals surface area contributed by atoms with Crippen LogP contribution in [-0.4, -0.2) is 61.8 Å². The van der Waals surface area contributed by atoms with Crippen LogP contribution in [0.25, 0.3) is 0 Å². The number of unbranched alkanes of at least 4 members (excludes halogenated alkanes) is 1. The van der Waals surface area contributed by atoms with Gasteiger partial charge < -0.3 is 20.6 Å². The van der Waals surface area contributed by atoms with Crippen molar-refractivity contribution < 1.29 is 5.11 Å². The molecule has 1 aliphatic rings. The molecule has 1 fully saturated rings. The van der Waals surface area contributed by atoms with Crippen molar-refractivity contribution in [2.24, 2.45) is 16.8 Å². The molecule has 6 heteroatoms. The molecule has 0 saturated carbocycles. The minimum absolute atomic E-state index is 0. The summed E-state index contributed by atoms with van der Waals surface area (Å²) in [5.74, 6) is 2.29. The van der Waals surface area contributed by atoms with Crippen molar-refractivity contribution in [3.05, 3.63) is 0 Å². The van der Waals surface area contributed by atoms with Crippen molar-refractivity contribution in [2.45, 2.75) is 65.7 Å². The van der Waals surface area contributed by atoms with Gasteiger partial charge in [-0.1, -0.05) is 20.3 Å². The number of nitrogens with zero attached hydrogens (tertiary/aromatic N) is 2. The summed E-state index contributed by atoms with van der Waals surface area (Å²) in [5, 5.41) is 16.0. The normalized spacial score (nSPS) is 19.7. The molecule has 0 aliphatic carbocycles. The molecule has 1 saturated heterocycles. The monoisotopic (exact) mass is 482 g/mol. The summed E-state index contributed by atoms with van der Waals surface area (Å²) in [6.45, 7) is 13.4. The van der Waals surface area contributed by atoms with Crippen LogP contribution < -0.4 is 10.6 Å². The Kier molecular flexibility index (Phi) is 17.0. The molecule has 0 amide bonds. The van der Waals surface area contributed by atoms with Crippen molar-refractivity contribution in [1.29, 1.82) is 0 Å². The van der Waals surface area contributed by atoms with Gasteiger partial charge in [0.15, 0.2) is 5.96 Å². The zero-order chi connectivity index (χ0) is 18.3. The highest BCUT2D eigenvalue weighted by Gasteiger charge is 2.15. The Balaban J connectivity index is 0.00000625. The molecule has 1 aliphatic heterocycles. The largest absolute Gasteiger partial charge is 0.396 e. The van der Waals surface area contributed by atoms with E-state index in [1.54, 1.807) is 0 Å². The smallest absolute Gasteiger partial charge is 0.191 e. The first-order valence-electron chi connectivity index (χ1n) is 10.5. The maximum absolute atomic E-state index is 9.17. The first-order chi connectivity index (χ1) is 12.2. The molecule has 0 aromatic rings. The van der Waals surface area contributed by atoms with Crippen molar-refractivity contribution >= 4 is 29.9 Å². The molecular weight excluding hydrogens is 439 g/mol. The van der Waals surface area contributed by atoms with E-state index in [9.17, 15) is 5.11 Å². The Labute approximate surface area is 178 Å². The van der Waals surface area contributed by atoms with E-state index in [4.69, 9.17) is 4.99 Å². The molecule has 0 aromatic heterocycles. The highest BCUT2D eigenvalue weighted by molar-refractivity contribution is 14.0. The molecule has 2 atom stereocenters. The number of aliphatic imine (C=N–C) groups is 1. The lowest BCUT2D eigenvalue weighted by Gasteiger charge is -2.30. The van der Waals surface area contributed by atoms with E-state index in [-0.39, 0.29) is 30.6 Å². The van der Waals surface area contributed by atoms with Crippen molar-refractivity contribution in [3.8, 4) is 0 Å². The molecule has 3 N–H and O–H groups in total. The van der Waals surface area contributed by atoms with E-state index in [1.165, 1.54) is 45.3 Å². The average molecular weight is 482 g/mol. The predicted octanol–water partition coefficient (Wildman–Crippen LogP) is 3.47. The molecule has 0 aromatic carbocycles. The maximum Gasteiger partial charge on any atom is 0.191 e. The number of nitrogens with one attached hydrogen (secondary N) is 2. The van der Waals surface area contributed by atoms with Crippen LogP contribution in [-0.2, 0) is 0 Å². The van der Waals surface area contributed by atoms with Gasteiger partial charge in [0.2, 0.25) is 0 Å². The number of hydrogen-bond donors (Lipinski definition) is 3. The van der Waals surface area contributed by atoms with Gasteiger partial charge in [0.1, 0.15) is 0 Å². The van der Waals surface area contributed by atoms with E-state index >= 15 is 0 Å². The fourth-order valence-corrected chi connectivity index (χ4v) is 3.64. The first-order valence-corrected chi connectivity index (χ1v) is 10.5. The number of guanidine groups is 1. The minimum Gasteiger partial charge on any atom is -0.396 e. The van der Waals surface area contributed by atoms with Crippen LogP contribution in [0.5, 0.6) is 0 Å². The Morgan fingerprint density at radius 2 is 2.04 bits per heavy atom.